The maximum atomic E-state index is 13.4. The number of morpholine rings is 1. The second kappa shape index (κ2) is 12.7. The Kier molecular flexibility index (Phi) is 8.65. The van der Waals surface area contributed by atoms with Crippen molar-refractivity contribution < 1.29 is 28.9 Å². The van der Waals surface area contributed by atoms with E-state index in [9.17, 15) is 14.7 Å². The Morgan fingerprint density at radius 2 is 1.85 bits per heavy atom. The average Bonchev–Trinajstić information content (AvgIpc) is 3.75. The predicted octanol–water partition coefficient (Wildman–Crippen LogP) is 3.85. The molecule has 1 spiro atoms. The van der Waals surface area contributed by atoms with Gasteiger partial charge in [-0.2, -0.15) is 5.10 Å². The molecule has 3 saturated carbocycles. The molecule has 0 unspecified atom stereocenters. The van der Waals surface area contributed by atoms with Gasteiger partial charge in [0.2, 0.25) is 0 Å². The Labute approximate surface area is 275 Å². The first-order chi connectivity index (χ1) is 22.6. The van der Waals surface area contributed by atoms with E-state index in [4.69, 9.17) is 19.9 Å². The van der Waals surface area contributed by atoms with Crippen LogP contribution in [0, 0.1) is 5.41 Å². The van der Waals surface area contributed by atoms with E-state index in [1.165, 1.54) is 0 Å². The van der Waals surface area contributed by atoms with E-state index >= 15 is 0 Å². The van der Waals surface area contributed by atoms with Crippen LogP contribution in [-0.2, 0) is 11.2 Å². The van der Waals surface area contributed by atoms with E-state index in [0.717, 1.165) is 101 Å². The molecule has 3 aliphatic carbocycles. The van der Waals surface area contributed by atoms with Crippen molar-refractivity contribution in [3.05, 3.63) is 58.9 Å². The van der Waals surface area contributed by atoms with Gasteiger partial charge in [-0.3, -0.25) is 14.5 Å². The van der Waals surface area contributed by atoms with Crippen LogP contribution in [0.5, 0.6) is 11.5 Å². The number of aryl methyl sites for hydroxylation is 1. The molecule has 47 heavy (non-hydrogen) atoms. The number of primary amides is 1. The number of ether oxygens (including phenoxy) is 3. The smallest absolute Gasteiger partial charge is 0.255 e. The zero-order chi connectivity index (χ0) is 32.8. The van der Waals surface area contributed by atoms with Crippen molar-refractivity contribution >= 4 is 17.3 Å². The van der Waals surface area contributed by atoms with Crippen molar-refractivity contribution in [3.8, 4) is 11.5 Å². The third-order valence-corrected chi connectivity index (χ3v) is 10.1. The minimum Gasteiger partial charge on any atom is -0.490 e. The van der Waals surface area contributed by atoms with Crippen LogP contribution in [0.1, 0.15) is 96.7 Å². The lowest BCUT2D eigenvalue weighted by molar-refractivity contribution is -0.0834. The van der Waals surface area contributed by atoms with Crippen LogP contribution < -0.4 is 20.5 Å². The van der Waals surface area contributed by atoms with Crippen LogP contribution in [0.2, 0.25) is 0 Å². The number of nitrogens with one attached hydrogen (secondary N) is 1. The van der Waals surface area contributed by atoms with Gasteiger partial charge in [-0.1, -0.05) is 6.07 Å². The number of amides is 2. The highest BCUT2D eigenvalue weighted by Gasteiger charge is 2.54. The summed E-state index contributed by atoms with van der Waals surface area (Å²) >= 11 is 0. The molecule has 11 nitrogen and oxygen atoms in total. The zero-order valence-electron chi connectivity index (χ0n) is 27.5. The van der Waals surface area contributed by atoms with Crippen molar-refractivity contribution in [2.75, 3.05) is 39.5 Å². The molecule has 4 aliphatic rings. The Morgan fingerprint density at radius 1 is 1.09 bits per heavy atom. The standard InChI is InChI=1S/C36H47N5O6/c1-35(2,44)22-46-30-10-9-29-28(21-38-41(29)32(30)24-6-7-24)34(43)39-25-17-36(18-25)19-26(20-36)47-31-16-23(5-8-27(31)33(37)42)4-3-11-40-12-14-45-15-13-40/h5,8-10,16,21,24-26,44H,3-4,6-7,11-15,17-20,22H2,1-2H3,(H2,37,42)(H,39,43). The summed E-state index contributed by atoms with van der Waals surface area (Å²) in [6, 6.07) is 9.64. The summed E-state index contributed by atoms with van der Waals surface area (Å²) in [7, 11) is 0. The lowest BCUT2D eigenvalue weighted by atomic mass is 9.53. The van der Waals surface area contributed by atoms with Crippen molar-refractivity contribution in [1.82, 2.24) is 19.8 Å². The van der Waals surface area contributed by atoms with Gasteiger partial charge >= 0.3 is 0 Å². The molecule has 1 aromatic carbocycles. The number of carbonyl (C=O) groups is 2. The maximum Gasteiger partial charge on any atom is 0.255 e. The molecule has 2 aromatic heterocycles. The average molecular weight is 646 g/mol. The fraction of sp³-hybridized carbons (Fsp3) is 0.583. The fourth-order valence-electron chi connectivity index (χ4n) is 7.54. The van der Waals surface area contributed by atoms with Crippen LogP contribution in [0.15, 0.2) is 36.5 Å². The van der Waals surface area contributed by atoms with Gasteiger partial charge < -0.3 is 30.4 Å². The van der Waals surface area contributed by atoms with Crippen LogP contribution in [0.25, 0.3) is 5.52 Å². The first-order valence-corrected chi connectivity index (χ1v) is 17.1. The Hall–Kier alpha value is -3.67. The number of fused-ring (bicyclic) bond motifs is 1. The number of nitrogens with two attached hydrogens (primary N) is 1. The molecule has 3 heterocycles. The Bertz CT molecular complexity index is 1620. The van der Waals surface area contributed by atoms with E-state index < -0.39 is 11.5 Å². The number of nitrogens with zero attached hydrogens (tertiary/aromatic N) is 3. The van der Waals surface area contributed by atoms with Crippen molar-refractivity contribution in [2.45, 2.75) is 88.9 Å². The highest BCUT2D eigenvalue weighted by molar-refractivity contribution is 6.01. The van der Waals surface area contributed by atoms with E-state index in [2.05, 4.69) is 15.3 Å². The number of hydrogen-bond acceptors (Lipinski definition) is 8. The van der Waals surface area contributed by atoms with Crippen molar-refractivity contribution in [3.63, 3.8) is 0 Å². The van der Waals surface area contributed by atoms with E-state index in [1.54, 1.807) is 26.1 Å². The molecule has 0 atom stereocenters. The van der Waals surface area contributed by atoms with Gasteiger partial charge in [0.1, 0.15) is 18.1 Å². The topological polar surface area (TPSA) is 141 Å². The molecular weight excluding hydrogens is 598 g/mol. The summed E-state index contributed by atoms with van der Waals surface area (Å²) in [5, 5.41) is 18.0. The molecule has 4 N–H and O–H groups in total. The van der Waals surface area contributed by atoms with Gasteiger partial charge in [0, 0.05) is 25.0 Å². The summed E-state index contributed by atoms with van der Waals surface area (Å²) in [6.07, 6.45) is 9.33. The van der Waals surface area contributed by atoms with Gasteiger partial charge in [-0.25, -0.2) is 4.52 Å². The van der Waals surface area contributed by atoms with E-state index in [1.807, 2.05) is 28.8 Å². The van der Waals surface area contributed by atoms with Gasteiger partial charge in [-0.15, -0.1) is 0 Å². The first-order valence-electron chi connectivity index (χ1n) is 17.1. The van der Waals surface area contributed by atoms with E-state index in [0.29, 0.717) is 28.5 Å². The number of hydrogen-bond donors (Lipinski definition) is 3. The first kappa shape index (κ1) is 31.9. The van der Waals surface area contributed by atoms with Crippen LogP contribution >= 0.6 is 0 Å². The number of aliphatic hydroxyl groups is 1. The number of aromatic nitrogens is 2. The number of rotatable bonds is 13. The van der Waals surface area contributed by atoms with Crippen molar-refractivity contribution in [1.29, 1.82) is 0 Å². The third-order valence-electron chi connectivity index (χ3n) is 10.1. The third kappa shape index (κ3) is 7.12. The summed E-state index contributed by atoms with van der Waals surface area (Å²) in [5.74, 6) is 1.04. The molecule has 11 heteroatoms. The van der Waals surface area contributed by atoms with Crippen LogP contribution in [0.4, 0.5) is 0 Å². The lowest BCUT2D eigenvalue weighted by Crippen LogP contribution is -2.58. The molecule has 4 fully saturated rings. The molecule has 1 saturated heterocycles. The second-order valence-corrected chi connectivity index (χ2v) is 14.8. The molecule has 7 rings (SSSR count). The molecule has 1 aliphatic heterocycles. The number of pyridine rings is 1. The summed E-state index contributed by atoms with van der Waals surface area (Å²) in [6.45, 7) is 8.19. The fourth-order valence-corrected chi connectivity index (χ4v) is 7.54. The number of benzene rings is 1. The molecule has 252 valence electrons. The molecule has 3 aromatic rings. The normalized spacial score (nSPS) is 24.5. The zero-order valence-corrected chi connectivity index (χ0v) is 27.5. The van der Waals surface area contributed by atoms with Crippen LogP contribution in [0.3, 0.4) is 0 Å². The highest BCUT2D eigenvalue weighted by Crippen LogP contribution is 2.57. The quantitative estimate of drug-likeness (QED) is 0.255. The summed E-state index contributed by atoms with van der Waals surface area (Å²) in [4.78, 5) is 28.0. The lowest BCUT2D eigenvalue weighted by Gasteiger charge is -2.57. The monoisotopic (exact) mass is 645 g/mol. The summed E-state index contributed by atoms with van der Waals surface area (Å²) < 4.78 is 19.6. The van der Waals surface area contributed by atoms with Crippen molar-refractivity contribution in [2.24, 2.45) is 11.1 Å². The van der Waals surface area contributed by atoms with Crippen LogP contribution in [-0.4, -0.2) is 88.6 Å². The minimum atomic E-state index is -0.946. The largest absolute Gasteiger partial charge is 0.490 e. The van der Waals surface area contributed by atoms with E-state index in [-0.39, 0.29) is 30.1 Å². The van der Waals surface area contributed by atoms with Gasteiger partial charge in [-0.05, 0) is 107 Å². The number of carbonyl (C=O) groups excluding carboxylic acids is 2. The maximum absolute atomic E-state index is 13.4. The molecular formula is C36H47N5O6. The minimum absolute atomic E-state index is 0.0293. The predicted molar refractivity (Wildman–Crippen MR) is 176 cm³/mol. The summed E-state index contributed by atoms with van der Waals surface area (Å²) in [5.41, 5.74) is 8.77. The van der Waals surface area contributed by atoms with Gasteiger partial charge in [0.25, 0.3) is 11.8 Å². The Morgan fingerprint density at radius 3 is 2.55 bits per heavy atom. The second-order valence-electron chi connectivity index (χ2n) is 14.8. The van der Waals surface area contributed by atoms with Gasteiger partial charge in [0.05, 0.1) is 53.5 Å². The van der Waals surface area contributed by atoms with Gasteiger partial charge in [0.15, 0.2) is 0 Å². The molecule has 2 amide bonds. The molecule has 0 bridgehead atoms. The highest BCUT2D eigenvalue weighted by atomic mass is 16.5. The SMILES string of the molecule is CC(C)(O)COc1ccc2c(C(=O)NC3CC4(C3)CC(Oc3cc(CCCN5CCOCC5)ccc3C(N)=O)C4)cnn2c1C1CC1. The Balaban J connectivity index is 0.921. The molecule has 0 radical (unpaired) electrons.